The van der Waals surface area contributed by atoms with Crippen molar-refractivity contribution in [2.45, 2.75) is 52.4 Å². The summed E-state index contributed by atoms with van der Waals surface area (Å²) in [5.74, 6) is 0. The van der Waals surface area contributed by atoms with Gasteiger partial charge in [0.15, 0.2) is 8.07 Å². The maximum Gasteiger partial charge on any atom is 0.264 e. The Bertz CT molecular complexity index is 4720. The van der Waals surface area contributed by atoms with Gasteiger partial charge < -0.3 is 18.8 Å². The maximum atomic E-state index is 2.71. The molecule has 4 nitrogen and oxygen atoms in total. The minimum absolute atomic E-state index is 0.00797. The van der Waals surface area contributed by atoms with Crippen molar-refractivity contribution >= 4 is 155 Å². The molecular formula is C72H59BN4SSi. The maximum absolute atomic E-state index is 3.35. The van der Waals surface area contributed by atoms with E-state index >= 15 is 0 Å². The molecule has 2 aliphatic rings. The Labute approximate surface area is 466 Å². The van der Waals surface area contributed by atoms with Gasteiger partial charge in [-0.15, -0.1) is 11.3 Å². The van der Waals surface area contributed by atoms with Crippen LogP contribution in [0, 0.1) is 0 Å². The third kappa shape index (κ3) is 6.37. The van der Waals surface area contributed by atoms with Crippen LogP contribution >= 0.6 is 11.3 Å². The number of hydrogen-bond donors (Lipinski definition) is 0. The van der Waals surface area contributed by atoms with Crippen LogP contribution in [0.3, 0.4) is 0 Å². The monoisotopic (exact) mass is 1050 g/mol. The average Bonchev–Trinajstić information content (AvgIpc) is 2.92. The molecule has 4 aromatic heterocycles. The minimum Gasteiger partial charge on any atom is -0.378 e. The van der Waals surface area contributed by atoms with E-state index in [1.807, 2.05) is 11.3 Å². The van der Waals surface area contributed by atoms with Crippen LogP contribution in [0.25, 0.3) is 75.7 Å². The zero-order valence-corrected chi connectivity index (χ0v) is 47.8. The first-order valence-electron chi connectivity index (χ1n) is 28.0. The summed E-state index contributed by atoms with van der Waals surface area (Å²) >= 11 is 1.99. The summed E-state index contributed by atoms with van der Waals surface area (Å²) in [4.78, 5) is 5.00. The molecule has 380 valence electrons. The van der Waals surface area contributed by atoms with Gasteiger partial charge in [0.2, 0.25) is 0 Å². The van der Waals surface area contributed by atoms with Gasteiger partial charge >= 0.3 is 0 Å². The predicted octanol–water partition coefficient (Wildman–Crippen LogP) is 13.8. The zero-order valence-electron chi connectivity index (χ0n) is 46.0. The van der Waals surface area contributed by atoms with Crippen molar-refractivity contribution < 1.29 is 0 Å². The summed E-state index contributed by atoms with van der Waals surface area (Å²) in [6, 6.07) is 83.0. The molecule has 0 saturated carbocycles. The fourth-order valence-electron chi connectivity index (χ4n) is 14.3. The van der Waals surface area contributed by atoms with Gasteiger partial charge in [-0.1, -0.05) is 187 Å². The van der Waals surface area contributed by atoms with Gasteiger partial charge in [0.1, 0.15) is 0 Å². The number of rotatable bonds is 6. The second-order valence-electron chi connectivity index (χ2n) is 24.7. The average molecular weight is 1050 g/mol. The third-order valence-electron chi connectivity index (χ3n) is 18.0. The molecule has 7 heteroatoms. The van der Waals surface area contributed by atoms with E-state index in [0.29, 0.717) is 0 Å². The molecule has 0 unspecified atom stereocenters. The summed E-state index contributed by atoms with van der Waals surface area (Å²) in [6.45, 7) is 14.0. The molecule has 0 bridgehead atoms. The summed E-state index contributed by atoms with van der Waals surface area (Å²) in [5.41, 5.74) is 17.9. The van der Waals surface area contributed by atoms with Gasteiger partial charge in [0.25, 0.3) is 6.71 Å². The van der Waals surface area contributed by atoms with Crippen molar-refractivity contribution in [3.8, 4) is 5.69 Å². The van der Waals surface area contributed by atoms with Gasteiger partial charge in [-0.05, 0) is 120 Å². The van der Waals surface area contributed by atoms with Gasteiger partial charge in [-0.25, -0.2) is 0 Å². The number of nitrogens with zero attached hydrogens (tertiary/aromatic N) is 4. The van der Waals surface area contributed by atoms with Crippen molar-refractivity contribution in [2.24, 2.45) is 0 Å². The summed E-state index contributed by atoms with van der Waals surface area (Å²) in [5, 5.41) is 14.5. The molecule has 0 atom stereocenters. The molecule has 6 heterocycles. The van der Waals surface area contributed by atoms with E-state index in [0.717, 1.165) is 0 Å². The second kappa shape index (κ2) is 16.4. The van der Waals surface area contributed by atoms with E-state index in [4.69, 9.17) is 0 Å². The van der Waals surface area contributed by atoms with E-state index in [1.165, 1.54) is 146 Å². The lowest BCUT2D eigenvalue weighted by atomic mass is 9.36. The standard InChI is InChI=1S/C72H59BN4SSi/c1-71(2,3)44-31-34-46(35-32-44)75-63-42-51(79(48-21-11-9-12-22-48,49-23-13-10-14-24-49)50-40-56-53-26-16-18-28-60(53)76-61-29-19-17-27-54(61)57(41-50)67(56)76)43-64-66(63)73(70-69(75)58-37-45(72(4,5)6)33-36-65(58)78-70)59-39-47(74(7)8)38-55-52-25-15-20-30-62(52)77(64)68(55)59/h9-43H,1-8H3. The van der Waals surface area contributed by atoms with Crippen LogP contribution in [-0.4, -0.2) is 37.8 Å². The highest BCUT2D eigenvalue weighted by molar-refractivity contribution is 7.33. The van der Waals surface area contributed by atoms with E-state index in [9.17, 15) is 0 Å². The lowest BCUT2D eigenvalue weighted by Gasteiger charge is -2.42. The summed E-state index contributed by atoms with van der Waals surface area (Å²) < 4.78 is 7.92. The van der Waals surface area contributed by atoms with Gasteiger partial charge in [0.05, 0.1) is 27.8 Å². The molecule has 0 fully saturated rings. The third-order valence-corrected chi connectivity index (χ3v) is 24.0. The Hall–Kier alpha value is -8.36. The Morgan fingerprint density at radius 2 is 0.962 bits per heavy atom. The Kier molecular flexibility index (Phi) is 9.67. The van der Waals surface area contributed by atoms with Crippen molar-refractivity contribution in [3.05, 3.63) is 223 Å². The number of para-hydroxylation sites is 3. The topological polar surface area (TPSA) is 15.8 Å². The fourth-order valence-corrected chi connectivity index (χ4v) is 20.4. The first-order valence-corrected chi connectivity index (χ1v) is 30.8. The zero-order chi connectivity index (χ0) is 53.4. The van der Waals surface area contributed by atoms with Crippen LogP contribution < -0.4 is 46.2 Å². The lowest BCUT2D eigenvalue weighted by Crippen LogP contribution is -2.75. The SMILES string of the molecule is CN(C)c1cc2c3c(c1)c1ccccc1n3-c1cc([Si](c3ccccc3)(c3ccccc3)c3cc4c5ccccc5n5c6ccccc6c(c3)c45)cc3c1B2c1sc2ccc(C(C)(C)C)cc2c1N3c1ccc(C(C)(C)C)cc1. The molecule has 16 rings (SSSR count). The predicted molar refractivity (Wildman–Crippen MR) is 346 cm³/mol. The molecule has 79 heavy (non-hydrogen) atoms. The van der Waals surface area contributed by atoms with Crippen molar-refractivity contribution in [1.29, 1.82) is 0 Å². The highest BCUT2D eigenvalue weighted by atomic mass is 32.1. The number of fused-ring (bicyclic) bond motifs is 15. The van der Waals surface area contributed by atoms with E-state index in [-0.39, 0.29) is 17.5 Å². The molecule has 0 amide bonds. The van der Waals surface area contributed by atoms with E-state index in [1.54, 1.807) is 0 Å². The number of benzene rings is 10. The Morgan fingerprint density at radius 1 is 0.443 bits per heavy atom. The highest BCUT2D eigenvalue weighted by Crippen LogP contribution is 2.48. The fraction of sp³-hybridized carbons (Fsp3) is 0.139. The largest absolute Gasteiger partial charge is 0.378 e. The lowest BCUT2D eigenvalue weighted by molar-refractivity contribution is 0.590. The summed E-state index contributed by atoms with van der Waals surface area (Å²) in [6.07, 6.45) is 0. The van der Waals surface area contributed by atoms with Crippen LogP contribution in [0.4, 0.5) is 22.7 Å². The minimum atomic E-state index is -3.35. The number of thiophene rings is 1. The van der Waals surface area contributed by atoms with Crippen LogP contribution in [0.5, 0.6) is 0 Å². The number of hydrogen-bond acceptors (Lipinski definition) is 3. The van der Waals surface area contributed by atoms with Crippen LogP contribution in [0.15, 0.2) is 212 Å². The smallest absolute Gasteiger partial charge is 0.264 e. The normalized spacial score (nSPS) is 13.5. The van der Waals surface area contributed by atoms with Crippen LogP contribution in [-0.2, 0) is 10.8 Å². The molecular weight excluding hydrogens is 992 g/mol. The number of anilines is 4. The number of aromatic nitrogens is 2. The molecule has 10 aromatic carbocycles. The Morgan fingerprint density at radius 3 is 1.56 bits per heavy atom. The van der Waals surface area contributed by atoms with E-state index < -0.39 is 8.07 Å². The Balaban J connectivity index is 1.12. The van der Waals surface area contributed by atoms with Gasteiger partial charge in [-0.3, -0.25) is 0 Å². The van der Waals surface area contributed by atoms with Crippen molar-refractivity contribution in [2.75, 3.05) is 23.9 Å². The molecule has 2 aliphatic heterocycles. The van der Waals surface area contributed by atoms with E-state index in [2.05, 4.69) is 287 Å². The van der Waals surface area contributed by atoms with Crippen LogP contribution in [0.1, 0.15) is 52.7 Å². The molecule has 14 aromatic rings. The van der Waals surface area contributed by atoms with Gasteiger partial charge in [0, 0.05) is 89.5 Å². The quantitative estimate of drug-likeness (QED) is 0.122. The first kappa shape index (κ1) is 46.7. The summed E-state index contributed by atoms with van der Waals surface area (Å²) in [7, 11) is 1.04. The van der Waals surface area contributed by atoms with Gasteiger partial charge in [-0.2, -0.15) is 0 Å². The highest BCUT2D eigenvalue weighted by Gasteiger charge is 2.49. The molecule has 0 aliphatic carbocycles. The van der Waals surface area contributed by atoms with Crippen molar-refractivity contribution in [1.82, 2.24) is 8.97 Å². The molecule has 0 saturated heterocycles. The first-order chi connectivity index (χ1) is 38.3. The second-order valence-corrected chi connectivity index (χ2v) is 29.6. The molecule has 0 radical (unpaired) electrons. The van der Waals surface area contributed by atoms with Crippen molar-refractivity contribution in [3.63, 3.8) is 0 Å². The molecule has 0 spiro atoms. The molecule has 0 N–H and O–H groups in total. The van der Waals surface area contributed by atoms with Crippen LogP contribution in [0.2, 0.25) is 0 Å².